The fourth-order valence-corrected chi connectivity index (χ4v) is 2.22. The van der Waals surface area contributed by atoms with Crippen molar-refractivity contribution in [3.8, 4) is 11.1 Å². The zero-order valence-electron chi connectivity index (χ0n) is 12.0. The molecule has 112 valence electrons. The molecule has 0 aliphatic carbocycles. The van der Waals surface area contributed by atoms with Crippen molar-refractivity contribution in [3.05, 3.63) is 60.4 Å². The van der Waals surface area contributed by atoms with Gasteiger partial charge in [-0.15, -0.1) is 0 Å². The fraction of sp³-hybridized carbons (Fsp3) is 0.188. The lowest BCUT2D eigenvalue weighted by Gasteiger charge is -2.06. The Morgan fingerprint density at radius 2 is 1.82 bits per heavy atom. The first-order valence-corrected chi connectivity index (χ1v) is 7.47. The SMILES string of the molecule is Clc1ccc(-c2cnc(NCCCn3ccnc3)nc2)cc1. The molecule has 0 bridgehead atoms. The molecule has 3 aromatic rings. The van der Waals surface area contributed by atoms with Crippen LogP contribution in [-0.2, 0) is 6.54 Å². The molecule has 6 heteroatoms. The molecule has 0 aliphatic heterocycles. The number of rotatable bonds is 6. The number of hydrogen-bond donors (Lipinski definition) is 1. The Labute approximate surface area is 134 Å². The van der Waals surface area contributed by atoms with E-state index in [4.69, 9.17) is 11.6 Å². The van der Waals surface area contributed by atoms with E-state index in [-0.39, 0.29) is 0 Å². The maximum atomic E-state index is 5.89. The van der Waals surface area contributed by atoms with Gasteiger partial charge in [0.05, 0.1) is 6.33 Å². The van der Waals surface area contributed by atoms with Crippen LogP contribution >= 0.6 is 11.6 Å². The minimum absolute atomic E-state index is 0.642. The molecular weight excluding hydrogens is 298 g/mol. The number of aromatic nitrogens is 4. The fourth-order valence-electron chi connectivity index (χ4n) is 2.09. The van der Waals surface area contributed by atoms with E-state index in [1.807, 2.05) is 53.8 Å². The molecule has 3 rings (SSSR count). The normalized spacial score (nSPS) is 10.6. The minimum atomic E-state index is 0.642. The Morgan fingerprint density at radius 1 is 1.05 bits per heavy atom. The van der Waals surface area contributed by atoms with E-state index in [2.05, 4.69) is 20.3 Å². The molecule has 0 saturated heterocycles. The van der Waals surface area contributed by atoms with E-state index in [9.17, 15) is 0 Å². The lowest BCUT2D eigenvalue weighted by Crippen LogP contribution is -2.08. The third kappa shape index (κ3) is 3.83. The van der Waals surface area contributed by atoms with Crippen LogP contribution in [0, 0.1) is 0 Å². The average Bonchev–Trinajstić information content (AvgIpc) is 3.06. The Morgan fingerprint density at radius 3 is 2.50 bits per heavy atom. The third-order valence-corrected chi connectivity index (χ3v) is 3.52. The molecule has 5 nitrogen and oxygen atoms in total. The molecule has 1 aromatic carbocycles. The summed E-state index contributed by atoms with van der Waals surface area (Å²) in [6.07, 6.45) is 10.2. The number of aryl methyl sites for hydroxylation is 1. The van der Waals surface area contributed by atoms with Crippen molar-refractivity contribution in [2.45, 2.75) is 13.0 Å². The molecule has 0 spiro atoms. The van der Waals surface area contributed by atoms with Crippen LogP contribution in [0.4, 0.5) is 5.95 Å². The van der Waals surface area contributed by atoms with Crippen LogP contribution in [0.25, 0.3) is 11.1 Å². The zero-order valence-corrected chi connectivity index (χ0v) is 12.7. The van der Waals surface area contributed by atoms with Gasteiger partial charge in [-0.2, -0.15) is 0 Å². The molecule has 0 atom stereocenters. The average molecular weight is 314 g/mol. The summed E-state index contributed by atoms with van der Waals surface area (Å²) in [6, 6.07) is 7.64. The maximum Gasteiger partial charge on any atom is 0.222 e. The Balaban J connectivity index is 1.52. The van der Waals surface area contributed by atoms with Crippen molar-refractivity contribution in [3.63, 3.8) is 0 Å². The number of hydrogen-bond acceptors (Lipinski definition) is 4. The molecule has 0 amide bonds. The van der Waals surface area contributed by atoms with Crippen LogP contribution in [0.3, 0.4) is 0 Å². The molecule has 0 aliphatic rings. The molecular formula is C16H16ClN5. The van der Waals surface area contributed by atoms with Crippen molar-refractivity contribution in [2.75, 3.05) is 11.9 Å². The first kappa shape index (κ1) is 14.5. The molecule has 2 heterocycles. The zero-order chi connectivity index (χ0) is 15.2. The van der Waals surface area contributed by atoms with E-state index >= 15 is 0 Å². The topological polar surface area (TPSA) is 55.6 Å². The van der Waals surface area contributed by atoms with Crippen molar-refractivity contribution < 1.29 is 0 Å². The smallest absolute Gasteiger partial charge is 0.222 e. The number of anilines is 1. The number of benzene rings is 1. The van der Waals surface area contributed by atoms with E-state index in [1.54, 1.807) is 6.20 Å². The highest BCUT2D eigenvalue weighted by atomic mass is 35.5. The van der Waals surface area contributed by atoms with Crippen LogP contribution in [0.1, 0.15) is 6.42 Å². The van der Waals surface area contributed by atoms with Gasteiger partial charge < -0.3 is 9.88 Å². The van der Waals surface area contributed by atoms with Gasteiger partial charge in [0.25, 0.3) is 0 Å². The Hall–Kier alpha value is -2.40. The van der Waals surface area contributed by atoms with Crippen LogP contribution in [0.15, 0.2) is 55.4 Å². The molecule has 0 fully saturated rings. The summed E-state index contributed by atoms with van der Waals surface area (Å²) in [5.74, 6) is 0.642. The van der Waals surface area contributed by atoms with Crippen molar-refractivity contribution >= 4 is 17.5 Å². The summed E-state index contributed by atoms with van der Waals surface area (Å²) in [5, 5.41) is 3.94. The summed E-state index contributed by atoms with van der Waals surface area (Å²) in [4.78, 5) is 12.7. The predicted molar refractivity (Wildman–Crippen MR) is 87.8 cm³/mol. The lowest BCUT2D eigenvalue weighted by atomic mass is 10.1. The van der Waals surface area contributed by atoms with Crippen LogP contribution in [0.2, 0.25) is 5.02 Å². The summed E-state index contributed by atoms with van der Waals surface area (Å²) in [5.41, 5.74) is 2.02. The number of nitrogens with zero attached hydrogens (tertiary/aromatic N) is 4. The minimum Gasteiger partial charge on any atom is -0.354 e. The highest BCUT2D eigenvalue weighted by Gasteiger charge is 2.00. The van der Waals surface area contributed by atoms with Gasteiger partial charge in [0.1, 0.15) is 0 Å². The van der Waals surface area contributed by atoms with Gasteiger partial charge in [-0.25, -0.2) is 15.0 Å². The molecule has 0 radical (unpaired) electrons. The Kier molecular flexibility index (Phi) is 4.65. The molecule has 2 aromatic heterocycles. The first-order valence-electron chi connectivity index (χ1n) is 7.09. The molecule has 22 heavy (non-hydrogen) atoms. The summed E-state index contributed by atoms with van der Waals surface area (Å²) in [6.45, 7) is 1.74. The monoisotopic (exact) mass is 313 g/mol. The predicted octanol–water partition coefficient (Wildman–Crippen LogP) is 3.50. The first-order chi connectivity index (χ1) is 10.8. The van der Waals surface area contributed by atoms with E-state index < -0.39 is 0 Å². The third-order valence-electron chi connectivity index (χ3n) is 3.26. The van der Waals surface area contributed by atoms with Gasteiger partial charge in [0, 0.05) is 48.5 Å². The highest BCUT2D eigenvalue weighted by molar-refractivity contribution is 6.30. The second kappa shape index (κ2) is 7.04. The van der Waals surface area contributed by atoms with E-state index in [0.29, 0.717) is 5.95 Å². The Bertz CT molecular complexity index is 692. The van der Waals surface area contributed by atoms with Gasteiger partial charge in [0.2, 0.25) is 5.95 Å². The standard InChI is InChI=1S/C16H16ClN5/c17-15-4-2-13(3-5-15)14-10-20-16(21-11-14)19-6-1-8-22-9-7-18-12-22/h2-5,7,9-12H,1,6,8H2,(H,19,20,21). The second-order valence-electron chi connectivity index (χ2n) is 4.88. The molecule has 1 N–H and O–H groups in total. The number of halogens is 1. The van der Waals surface area contributed by atoms with Crippen LogP contribution in [-0.4, -0.2) is 26.1 Å². The van der Waals surface area contributed by atoms with Gasteiger partial charge in [0.15, 0.2) is 0 Å². The maximum absolute atomic E-state index is 5.89. The van der Waals surface area contributed by atoms with Crippen molar-refractivity contribution in [1.82, 2.24) is 19.5 Å². The highest BCUT2D eigenvalue weighted by Crippen LogP contribution is 2.20. The second-order valence-corrected chi connectivity index (χ2v) is 5.32. The van der Waals surface area contributed by atoms with Crippen LogP contribution in [0.5, 0.6) is 0 Å². The van der Waals surface area contributed by atoms with Gasteiger partial charge in [-0.05, 0) is 24.1 Å². The summed E-state index contributed by atoms with van der Waals surface area (Å²) in [7, 11) is 0. The number of nitrogens with one attached hydrogen (secondary N) is 1. The largest absolute Gasteiger partial charge is 0.354 e. The van der Waals surface area contributed by atoms with Crippen molar-refractivity contribution in [1.29, 1.82) is 0 Å². The molecule has 0 saturated carbocycles. The quantitative estimate of drug-likeness (QED) is 0.708. The number of imidazole rings is 1. The lowest BCUT2D eigenvalue weighted by molar-refractivity contribution is 0.659. The van der Waals surface area contributed by atoms with E-state index in [1.165, 1.54) is 0 Å². The summed E-state index contributed by atoms with van der Waals surface area (Å²) >= 11 is 5.89. The van der Waals surface area contributed by atoms with Gasteiger partial charge in [-0.1, -0.05) is 23.7 Å². The van der Waals surface area contributed by atoms with Crippen molar-refractivity contribution in [2.24, 2.45) is 0 Å². The molecule has 0 unspecified atom stereocenters. The van der Waals surface area contributed by atoms with Gasteiger partial charge in [-0.3, -0.25) is 0 Å². The van der Waals surface area contributed by atoms with E-state index in [0.717, 1.165) is 35.7 Å². The van der Waals surface area contributed by atoms with Crippen LogP contribution < -0.4 is 5.32 Å². The van der Waals surface area contributed by atoms with Gasteiger partial charge >= 0.3 is 0 Å². The summed E-state index contributed by atoms with van der Waals surface area (Å²) < 4.78 is 2.05.